The van der Waals surface area contributed by atoms with Gasteiger partial charge in [-0.2, -0.15) is 0 Å². The maximum absolute atomic E-state index is 13.2. The molecule has 1 aromatic carbocycles. The Labute approximate surface area is 218 Å². The third kappa shape index (κ3) is 6.81. The van der Waals surface area contributed by atoms with Gasteiger partial charge in [0.25, 0.3) is 0 Å². The van der Waals surface area contributed by atoms with Crippen molar-refractivity contribution in [2.24, 2.45) is 11.7 Å². The molecule has 1 atom stereocenters. The zero-order valence-electron chi connectivity index (χ0n) is 22.9. The number of aryl methyl sites for hydroxylation is 1. The van der Waals surface area contributed by atoms with Crippen LogP contribution < -0.4 is 5.73 Å². The SMILES string of the molecule is C/C(OC(C)c1ccccc1C)=C(/N)CN1CCC(C(=O)N2CCN(C3CCN(C)CC3)CC2)CC1. The third-order valence-corrected chi connectivity index (χ3v) is 8.59. The van der Waals surface area contributed by atoms with Crippen molar-refractivity contribution >= 4 is 5.91 Å². The predicted octanol–water partition coefficient (Wildman–Crippen LogP) is 3.21. The van der Waals surface area contributed by atoms with Gasteiger partial charge in [-0.25, -0.2) is 0 Å². The van der Waals surface area contributed by atoms with Gasteiger partial charge >= 0.3 is 0 Å². The van der Waals surface area contributed by atoms with Crippen LogP contribution in [0.15, 0.2) is 35.7 Å². The third-order valence-electron chi connectivity index (χ3n) is 8.59. The first-order valence-electron chi connectivity index (χ1n) is 13.9. The van der Waals surface area contributed by atoms with Gasteiger partial charge in [0.2, 0.25) is 5.91 Å². The van der Waals surface area contributed by atoms with Crippen LogP contribution in [-0.2, 0) is 9.53 Å². The summed E-state index contributed by atoms with van der Waals surface area (Å²) < 4.78 is 6.18. The lowest BCUT2D eigenvalue weighted by Crippen LogP contribution is -2.55. The molecule has 7 nitrogen and oxygen atoms in total. The van der Waals surface area contributed by atoms with Crippen molar-refractivity contribution in [1.29, 1.82) is 0 Å². The zero-order chi connectivity index (χ0) is 25.7. The zero-order valence-corrected chi connectivity index (χ0v) is 22.9. The number of ether oxygens (including phenoxy) is 1. The number of piperazine rings is 1. The number of hydrogen-bond donors (Lipinski definition) is 1. The molecule has 2 N–H and O–H groups in total. The monoisotopic (exact) mass is 497 g/mol. The lowest BCUT2D eigenvalue weighted by molar-refractivity contribution is -0.139. The summed E-state index contributed by atoms with van der Waals surface area (Å²) in [6.45, 7) is 14.9. The predicted molar refractivity (Wildman–Crippen MR) is 145 cm³/mol. The second-order valence-electron chi connectivity index (χ2n) is 11.1. The Bertz CT molecular complexity index is 895. The first-order valence-corrected chi connectivity index (χ1v) is 13.9. The summed E-state index contributed by atoms with van der Waals surface area (Å²) in [6, 6.07) is 9.02. The smallest absolute Gasteiger partial charge is 0.225 e. The van der Waals surface area contributed by atoms with Gasteiger partial charge in [0.05, 0.1) is 5.70 Å². The lowest BCUT2D eigenvalue weighted by atomic mass is 9.94. The van der Waals surface area contributed by atoms with Crippen molar-refractivity contribution in [3.8, 4) is 0 Å². The fourth-order valence-corrected chi connectivity index (χ4v) is 6.06. The number of nitrogens with zero attached hydrogens (tertiary/aromatic N) is 4. The van der Waals surface area contributed by atoms with E-state index in [0.717, 1.165) is 63.6 Å². The minimum Gasteiger partial charge on any atom is -0.489 e. The van der Waals surface area contributed by atoms with Gasteiger partial charge in [-0.15, -0.1) is 0 Å². The van der Waals surface area contributed by atoms with Crippen LogP contribution in [-0.4, -0.2) is 97.5 Å². The molecule has 3 aliphatic heterocycles. The van der Waals surface area contributed by atoms with Crippen LogP contribution in [0.1, 0.15) is 56.8 Å². The Morgan fingerprint density at radius 2 is 1.64 bits per heavy atom. The second-order valence-corrected chi connectivity index (χ2v) is 11.1. The van der Waals surface area contributed by atoms with E-state index in [9.17, 15) is 4.79 Å². The van der Waals surface area contributed by atoms with E-state index < -0.39 is 0 Å². The lowest BCUT2D eigenvalue weighted by Gasteiger charge is -2.43. The molecule has 1 amide bonds. The van der Waals surface area contributed by atoms with Crippen LogP contribution in [0.3, 0.4) is 0 Å². The van der Waals surface area contributed by atoms with Crippen LogP contribution in [0, 0.1) is 12.8 Å². The van der Waals surface area contributed by atoms with E-state index >= 15 is 0 Å². The molecule has 0 aliphatic carbocycles. The molecule has 3 heterocycles. The fourth-order valence-electron chi connectivity index (χ4n) is 6.06. The molecule has 4 rings (SSSR count). The summed E-state index contributed by atoms with van der Waals surface area (Å²) in [4.78, 5) is 22.8. The van der Waals surface area contributed by atoms with Crippen LogP contribution >= 0.6 is 0 Å². The number of carbonyl (C=O) groups excluding carboxylic acids is 1. The molecule has 7 heteroatoms. The highest BCUT2D eigenvalue weighted by Crippen LogP contribution is 2.25. The number of benzene rings is 1. The van der Waals surface area contributed by atoms with E-state index in [0.29, 0.717) is 18.5 Å². The van der Waals surface area contributed by atoms with Crippen molar-refractivity contribution in [3.63, 3.8) is 0 Å². The van der Waals surface area contributed by atoms with Gasteiger partial charge in [-0.3, -0.25) is 14.6 Å². The number of carbonyl (C=O) groups is 1. The normalized spacial score (nSPS) is 23.4. The highest BCUT2D eigenvalue weighted by Gasteiger charge is 2.32. The summed E-state index contributed by atoms with van der Waals surface area (Å²) in [5.74, 6) is 1.32. The number of likely N-dealkylation sites (tertiary alicyclic amines) is 2. The van der Waals surface area contributed by atoms with Crippen molar-refractivity contribution in [2.75, 3.05) is 66.0 Å². The molecule has 0 radical (unpaired) electrons. The van der Waals surface area contributed by atoms with Crippen molar-refractivity contribution in [3.05, 3.63) is 46.8 Å². The topological polar surface area (TPSA) is 65.3 Å². The maximum Gasteiger partial charge on any atom is 0.225 e. The standard InChI is InChI=1S/C29H47N5O2/c1-22-7-5-6-8-27(22)23(2)36-24(3)28(30)21-32-15-9-25(10-16-32)29(35)34-19-17-33(18-20-34)26-11-13-31(4)14-12-26/h5-8,23,25-26H,9-21,30H2,1-4H3/b28-24-. The van der Waals surface area contributed by atoms with Gasteiger partial charge in [-0.1, -0.05) is 24.3 Å². The Morgan fingerprint density at radius 1 is 1.00 bits per heavy atom. The van der Waals surface area contributed by atoms with E-state index in [1.807, 2.05) is 19.1 Å². The largest absolute Gasteiger partial charge is 0.489 e. The molecule has 0 spiro atoms. The summed E-state index contributed by atoms with van der Waals surface area (Å²) >= 11 is 0. The molecule has 1 unspecified atom stereocenters. The van der Waals surface area contributed by atoms with Crippen LogP contribution in [0.25, 0.3) is 0 Å². The van der Waals surface area contributed by atoms with Crippen molar-refractivity contribution in [1.82, 2.24) is 19.6 Å². The van der Waals surface area contributed by atoms with E-state index in [1.54, 1.807) is 0 Å². The number of hydrogen-bond acceptors (Lipinski definition) is 6. The summed E-state index contributed by atoms with van der Waals surface area (Å²) in [7, 11) is 2.21. The first-order chi connectivity index (χ1) is 17.3. The van der Waals surface area contributed by atoms with Crippen LogP contribution in [0.2, 0.25) is 0 Å². The summed E-state index contributed by atoms with van der Waals surface area (Å²) in [5.41, 5.74) is 9.64. The second kappa shape index (κ2) is 12.4. The number of nitrogens with two attached hydrogens (primary N) is 1. The summed E-state index contributed by atoms with van der Waals surface area (Å²) in [5, 5.41) is 0. The van der Waals surface area contributed by atoms with E-state index in [4.69, 9.17) is 10.5 Å². The molecule has 3 aliphatic rings. The van der Waals surface area contributed by atoms with Crippen molar-refractivity contribution in [2.45, 2.75) is 58.6 Å². The van der Waals surface area contributed by atoms with E-state index in [2.05, 4.69) is 52.6 Å². The summed E-state index contributed by atoms with van der Waals surface area (Å²) in [6.07, 6.45) is 4.32. The Balaban J connectivity index is 1.19. The van der Waals surface area contributed by atoms with E-state index in [1.165, 1.54) is 37.1 Å². The molecule has 0 saturated carbocycles. The molecule has 0 aromatic heterocycles. The Morgan fingerprint density at radius 3 is 2.28 bits per heavy atom. The molecule has 1 aromatic rings. The molecule has 3 fully saturated rings. The minimum absolute atomic E-state index is 0.0342. The van der Waals surface area contributed by atoms with Gasteiger partial charge in [-0.05, 0) is 90.8 Å². The molecule has 36 heavy (non-hydrogen) atoms. The molecular weight excluding hydrogens is 450 g/mol. The van der Waals surface area contributed by atoms with Gasteiger partial charge in [0.15, 0.2) is 0 Å². The molecule has 0 bridgehead atoms. The van der Waals surface area contributed by atoms with Gasteiger partial charge in [0, 0.05) is 44.7 Å². The highest BCUT2D eigenvalue weighted by molar-refractivity contribution is 5.79. The quantitative estimate of drug-likeness (QED) is 0.584. The van der Waals surface area contributed by atoms with Crippen LogP contribution in [0.5, 0.6) is 0 Å². The molecule has 3 saturated heterocycles. The van der Waals surface area contributed by atoms with Crippen molar-refractivity contribution < 1.29 is 9.53 Å². The number of allylic oxidation sites excluding steroid dienone is 1. The maximum atomic E-state index is 13.2. The number of amides is 1. The first kappa shape index (κ1) is 27.0. The highest BCUT2D eigenvalue weighted by atomic mass is 16.5. The average Bonchev–Trinajstić information content (AvgIpc) is 2.89. The number of rotatable bonds is 7. The van der Waals surface area contributed by atoms with Crippen LogP contribution in [0.4, 0.5) is 0 Å². The Hall–Kier alpha value is -2.09. The Kier molecular flexibility index (Phi) is 9.31. The van der Waals surface area contributed by atoms with Gasteiger partial charge < -0.3 is 20.3 Å². The molecule has 200 valence electrons. The minimum atomic E-state index is -0.0342. The van der Waals surface area contributed by atoms with E-state index in [-0.39, 0.29) is 12.0 Å². The number of piperidine rings is 2. The molecular formula is C29H47N5O2. The fraction of sp³-hybridized carbons (Fsp3) is 0.690. The van der Waals surface area contributed by atoms with Gasteiger partial charge in [0.1, 0.15) is 11.9 Å². The average molecular weight is 498 g/mol.